The summed E-state index contributed by atoms with van der Waals surface area (Å²) in [5.41, 5.74) is 0. The zero-order valence-electron chi connectivity index (χ0n) is 7.96. The highest BCUT2D eigenvalue weighted by Gasteiger charge is 2.14. The lowest BCUT2D eigenvalue weighted by molar-refractivity contribution is 0.109. The lowest BCUT2D eigenvalue weighted by Crippen LogP contribution is -2.25. The monoisotopic (exact) mass is 259 g/mol. The summed E-state index contributed by atoms with van der Waals surface area (Å²) < 4.78 is 11.6. The van der Waals surface area contributed by atoms with Crippen LogP contribution in [0.2, 0.25) is 0 Å². The molecule has 78 valence electrons. The number of halogens is 1. The molecule has 1 aromatic heterocycles. The Bertz CT molecular complexity index is 281. The van der Waals surface area contributed by atoms with Gasteiger partial charge in [-0.2, -0.15) is 0 Å². The van der Waals surface area contributed by atoms with Gasteiger partial charge < -0.3 is 14.5 Å². The molecule has 1 aliphatic heterocycles. The number of hydrogen-bond donors (Lipinski definition) is 1. The molecule has 2 heterocycles. The van der Waals surface area contributed by atoms with Crippen LogP contribution < -0.4 is 5.32 Å². The lowest BCUT2D eigenvalue weighted by Gasteiger charge is -2.09. The van der Waals surface area contributed by atoms with Crippen LogP contribution in [0.15, 0.2) is 21.2 Å². The second kappa shape index (κ2) is 4.96. The van der Waals surface area contributed by atoms with E-state index in [0.29, 0.717) is 6.10 Å². The van der Waals surface area contributed by atoms with Crippen molar-refractivity contribution in [3.8, 4) is 0 Å². The Morgan fingerprint density at radius 2 is 2.43 bits per heavy atom. The van der Waals surface area contributed by atoms with Gasteiger partial charge >= 0.3 is 0 Å². The third-order valence-electron chi connectivity index (χ3n) is 2.32. The van der Waals surface area contributed by atoms with Crippen LogP contribution in [0.3, 0.4) is 0 Å². The highest BCUT2D eigenvalue weighted by molar-refractivity contribution is 9.10. The van der Waals surface area contributed by atoms with E-state index in [0.717, 1.165) is 30.1 Å². The van der Waals surface area contributed by atoms with Gasteiger partial charge in [0.1, 0.15) is 5.76 Å². The lowest BCUT2D eigenvalue weighted by atomic mass is 10.2. The van der Waals surface area contributed by atoms with Gasteiger partial charge in [0.2, 0.25) is 0 Å². The van der Waals surface area contributed by atoms with Crippen molar-refractivity contribution in [3.05, 3.63) is 22.6 Å². The summed E-state index contributed by atoms with van der Waals surface area (Å²) in [5.74, 6) is 0.954. The van der Waals surface area contributed by atoms with E-state index in [1.54, 1.807) is 0 Å². The molecule has 0 saturated carbocycles. The zero-order chi connectivity index (χ0) is 9.80. The van der Waals surface area contributed by atoms with Gasteiger partial charge in [0.15, 0.2) is 4.67 Å². The van der Waals surface area contributed by atoms with Crippen LogP contribution in [-0.2, 0) is 11.3 Å². The van der Waals surface area contributed by atoms with Gasteiger partial charge in [0, 0.05) is 13.2 Å². The summed E-state index contributed by atoms with van der Waals surface area (Å²) in [5, 5.41) is 3.32. The van der Waals surface area contributed by atoms with E-state index < -0.39 is 0 Å². The Kier molecular flexibility index (Phi) is 3.61. The van der Waals surface area contributed by atoms with E-state index in [2.05, 4.69) is 21.2 Å². The SMILES string of the molecule is Brc1ccc(CNCC2CCCO2)o1. The van der Waals surface area contributed by atoms with Crippen molar-refractivity contribution in [3.63, 3.8) is 0 Å². The second-order valence-corrected chi connectivity index (χ2v) is 4.25. The fourth-order valence-corrected chi connectivity index (χ4v) is 1.95. The minimum Gasteiger partial charge on any atom is -0.453 e. The van der Waals surface area contributed by atoms with Gasteiger partial charge in [-0.05, 0) is 40.9 Å². The zero-order valence-corrected chi connectivity index (χ0v) is 9.55. The van der Waals surface area contributed by atoms with E-state index in [1.165, 1.54) is 12.8 Å². The number of ether oxygens (including phenoxy) is 1. The molecule has 0 amide bonds. The van der Waals surface area contributed by atoms with Crippen LogP contribution in [0.5, 0.6) is 0 Å². The third-order valence-corrected chi connectivity index (χ3v) is 2.75. The Labute approximate surface area is 91.9 Å². The predicted molar refractivity (Wildman–Crippen MR) is 57.1 cm³/mol. The molecule has 2 rings (SSSR count). The highest BCUT2D eigenvalue weighted by atomic mass is 79.9. The average Bonchev–Trinajstić information content (AvgIpc) is 2.77. The molecule has 4 heteroatoms. The first-order chi connectivity index (χ1) is 6.84. The van der Waals surface area contributed by atoms with Crippen molar-refractivity contribution in [2.45, 2.75) is 25.5 Å². The third kappa shape index (κ3) is 2.83. The molecule has 0 aromatic carbocycles. The maximum Gasteiger partial charge on any atom is 0.169 e. The molecular weight excluding hydrogens is 246 g/mol. The quantitative estimate of drug-likeness (QED) is 0.902. The van der Waals surface area contributed by atoms with Gasteiger partial charge in [-0.3, -0.25) is 0 Å². The van der Waals surface area contributed by atoms with E-state index in [-0.39, 0.29) is 0 Å². The minimum atomic E-state index is 0.397. The van der Waals surface area contributed by atoms with Crippen LogP contribution in [-0.4, -0.2) is 19.3 Å². The van der Waals surface area contributed by atoms with Gasteiger partial charge in [-0.25, -0.2) is 0 Å². The van der Waals surface area contributed by atoms with Crippen molar-refractivity contribution >= 4 is 15.9 Å². The van der Waals surface area contributed by atoms with Crippen LogP contribution >= 0.6 is 15.9 Å². The van der Waals surface area contributed by atoms with Crippen molar-refractivity contribution in [2.24, 2.45) is 0 Å². The topological polar surface area (TPSA) is 34.4 Å². The summed E-state index contributed by atoms with van der Waals surface area (Å²) in [7, 11) is 0. The van der Waals surface area contributed by atoms with E-state index in [4.69, 9.17) is 9.15 Å². The van der Waals surface area contributed by atoms with Gasteiger partial charge in [-0.1, -0.05) is 0 Å². The van der Waals surface area contributed by atoms with Gasteiger partial charge in [0.05, 0.1) is 12.6 Å². The van der Waals surface area contributed by atoms with Gasteiger partial charge in [0.25, 0.3) is 0 Å². The Morgan fingerprint density at radius 1 is 1.50 bits per heavy atom. The molecule has 1 aliphatic rings. The molecule has 0 radical (unpaired) electrons. The van der Waals surface area contributed by atoms with Crippen LogP contribution in [0.1, 0.15) is 18.6 Å². The Balaban J connectivity index is 1.67. The van der Waals surface area contributed by atoms with Crippen molar-refractivity contribution in [2.75, 3.05) is 13.2 Å². The standard InChI is InChI=1S/C10H14BrNO2/c11-10-4-3-9(14-10)7-12-6-8-2-1-5-13-8/h3-4,8,12H,1-2,5-7H2. The molecule has 1 unspecified atom stereocenters. The molecule has 1 aromatic rings. The van der Waals surface area contributed by atoms with Crippen LogP contribution in [0, 0.1) is 0 Å². The molecule has 1 N–H and O–H groups in total. The molecule has 14 heavy (non-hydrogen) atoms. The second-order valence-electron chi connectivity index (χ2n) is 3.47. The number of furan rings is 1. The molecular formula is C10H14BrNO2. The predicted octanol–water partition coefficient (Wildman–Crippen LogP) is 2.31. The summed E-state index contributed by atoms with van der Waals surface area (Å²) in [6.45, 7) is 2.60. The molecule has 0 spiro atoms. The molecule has 0 bridgehead atoms. The molecule has 1 fully saturated rings. The first-order valence-electron chi connectivity index (χ1n) is 4.91. The van der Waals surface area contributed by atoms with Crippen molar-refractivity contribution in [1.29, 1.82) is 0 Å². The maximum absolute atomic E-state index is 5.49. The average molecular weight is 260 g/mol. The number of rotatable bonds is 4. The fourth-order valence-electron chi connectivity index (χ4n) is 1.61. The van der Waals surface area contributed by atoms with E-state index in [1.807, 2.05) is 12.1 Å². The van der Waals surface area contributed by atoms with E-state index in [9.17, 15) is 0 Å². The summed E-state index contributed by atoms with van der Waals surface area (Å²) >= 11 is 3.27. The minimum absolute atomic E-state index is 0.397. The van der Waals surface area contributed by atoms with Crippen LogP contribution in [0.4, 0.5) is 0 Å². The maximum atomic E-state index is 5.49. The molecule has 1 saturated heterocycles. The van der Waals surface area contributed by atoms with Gasteiger partial charge in [-0.15, -0.1) is 0 Å². The molecule has 0 aliphatic carbocycles. The van der Waals surface area contributed by atoms with Crippen molar-refractivity contribution in [1.82, 2.24) is 5.32 Å². The first kappa shape index (κ1) is 10.2. The fraction of sp³-hybridized carbons (Fsp3) is 0.600. The first-order valence-corrected chi connectivity index (χ1v) is 5.70. The van der Waals surface area contributed by atoms with Crippen molar-refractivity contribution < 1.29 is 9.15 Å². The molecule has 3 nitrogen and oxygen atoms in total. The Hall–Kier alpha value is -0.320. The summed E-state index contributed by atoms with van der Waals surface area (Å²) in [6, 6.07) is 3.87. The number of hydrogen-bond acceptors (Lipinski definition) is 3. The largest absolute Gasteiger partial charge is 0.453 e. The normalized spacial score (nSPS) is 21.6. The smallest absolute Gasteiger partial charge is 0.169 e. The summed E-state index contributed by atoms with van der Waals surface area (Å²) in [4.78, 5) is 0. The van der Waals surface area contributed by atoms with Crippen LogP contribution in [0.25, 0.3) is 0 Å². The summed E-state index contributed by atoms with van der Waals surface area (Å²) in [6.07, 6.45) is 2.77. The van der Waals surface area contributed by atoms with E-state index >= 15 is 0 Å². The molecule has 1 atom stereocenters. The Morgan fingerprint density at radius 3 is 3.07 bits per heavy atom. The highest BCUT2D eigenvalue weighted by Crippen LogP contribution is 2.14. The number of nitrogens with one attached hydrogen (secondary N) is 1.